The lowest BCUT2D eigenvalue weighted by atomic mass is 9.61. The Balaban J connectivity index is 1.77. The average molecular weight is 264 g/mol. The largest absolute Gasteiger partial charge is 0.454 e. The SMILES string of the molecule is CC1=C2C[C@H]3[C@](C)(C[C@H]2OC1=O)[C@H]1C[C@H]1[C@@]3(O)CO. The Kier molecular flexibility index (Phi) is 2.03. The molecule has 0 saturated heterocycles. The van der Waals surface area contributed by atoms with Crippen LogP contribution in [0, 0.1) is 23.2 Å². The Bertz CT molecular complexity index is 510. The minimum Gasteiger partial charge on any atom is -0.454 e. The molecule has 3 aliphatic carbocycles. The third kappa shape index (κ3) is 1.20. The van der Waals surface area contributed by atoms with Crippen molar-refractivity contribution >= 4 is 5.97 Å². The predicted molar refractivity (Wildman–Crippen MR) is 67.0 cm³/mol. The van der Waals surface area contributed by atoms with Crippen LogP contribution < -0.4 is 0 Å². The summed E-state index contributed by atoms with van der Waals surface area (Å²) in [6.45, 7) is 3.85. The van der Waals surface area contributed by atoms with Gasteiger partial charge in [-0.3, -0.25) is 0 Å². The van der Waals surface area contributed by atoms with Crippen molar-refractivity contribution in [3.63, 3.8) is 0 Å². The van der Waals surface area contributed by atoms with E-state index in [1.165, 1.54) is 0 Å². The van der Waals surface area contributed by atoms with Crippen molar-refractivity contribution in [3.05, 3.63) is 11.1 Å². The zero-order valence-corrected chi connectivity index (χ0v) is 11.3. The standard InChI is InChI=1S/C15H20O4/c1-7-8-3-12-14(2,5-11(8)19-13(7)17)9-4-10(9)15(12,18)6-16/h9-12,16,18H,3-6H2,1-2H3/t9-,10+,11+,12-,14+,15-/m0/s1. The Labute approximate surface area is 112 Å². The first-order valence-corrected chi connectivity index (χ1v) is 7.15. The smallest absolute Gasteiger partial charge is 0.334 e. The number of fused-ring (bicyclic) bond motifs is 4. The summed E-state index contributed by atoms with van der Waals surface area (Å²) >= 11 is 0. The van der Waals surface area contributed by atoms with E-state index in [-0.39, 0.29) is 35.9 Å². The summed E-state index contributed by atoms with van der Waals surface area (Å²) in [6.07, 6.45) is 2.42. The molecule has 3 fully saturated rings. The van der Waals surface area contributed by atoms with E-state index in [1.54, 1.807) is 0 Å². The Morgan fingerprint density at radius 2 is 2.16 bits per heavy atom. The van der Waals surface area contributed by atoms with Crippen LogP contribution >= 0.6 is 0 Å². The minimum absolute atomic E-state index is 0.00120. The summed E-state index contributed by atoms with van der Waals surface area (Å²) in [5.74, 6) is 0.576. The van der Waals surface area contributed by atoms with E-state index >= 15 is 0 Å². The van der Waals surface area contributed by atoms with E-state index in [2.05, 4.69) is 6.92 Å². The normalized spacial score (nSPS) is 54.6. The van der Waals surface area contributed by atoms with Crippen molar-refractivity contribution in [1.82, 2.24) is 0 Å². The predicted octanol–water partition coefficient (Wildman–Crippen LogP) is 1.02. The van der Waals surface area contributed by atoms with Gasteiger partial charge in [-0.15, -0.1) is 0 Å². The molecular formula is C15H20O4. The molecule has 3 saturated carbocycles. The van der Waals surface area contributed by atoms with Crippen molar-refractivity contribution in [2.45, 2.75) is 44.8 Å². The molecule has 4 aliphatic rings. The van der Waals surface area contributed by atoms with Gasteiger partial charge >= 0.3 is 5.97 Å². The molecule has 2 N–H and O–H groups in total. The van der Waals surface area contributed by atoms with Crippen LogP contribution in [0.1, 0.15) is 33.1 Å². The molecule has 0 aromatic carbocycles. The number of carbonyl (C=O) groups is 1. The molecule has 6 atom stereocenters. The third-order valence-electron chi connectivity index (χ3n) is 6.41. The van der Waals surface area contributed by atoms with Gasteiger partial charge in [-0.25, -0.2) is 4.79 Å². The molecule has 0 amide bonds. The maximum Gasteiger partial charge on any atom is 0.334 e. The molecule has 0 aromatic heterocycles. The lowest BCUT2D eigenvalue weighted by Gasteiger charge is -2.46. The highest BCUT2D eigenvalue weighted by atomic mass is 16.5. The molecule has 0 aromatic rings. The summed E-state index contributed by atoms with van der Waals surface area (Å²) in [5, 5.41) is 20.5. The zero-order valence-electron chi connectivity index (χ0n) is 11.3. The second-order valence-corrected chi connectivity index (χ2v) is 7.11. The first kappa shape index (κ1) is 11.9. The number of ether oxygens (including phenoxy) is 1. The fourth-order valence-corrected chi connectivity index (χ4v) is 5.23. The number of hydrogen-bond donors (Lipinski definition) is 2. The molecule has 0 unspecified atom stereocenters. The van der Waals surface area contributed by atoms with Gasteiger partial charge < -0.3 is 14.9 Å². The summed E-state index contributed by atoms with van der Waals surface area (Å²) in [5.41, 5.74) is 0.818. The monoisotopic (exact) mass is 264 g/mol. The summed E-state index contributed by atoms with van der Waals surface area (Å²) < 4.78 is 5.46. The number of hydrogen-bond acceptors (Lipinski definition) is 4. The molecule has 4 nitrogen and oxygen atoms in total. The molecule has 4 heteroatoms. The first-order chi connectivity index (χ1) is 8.91. The summed E-state index contributed by atoms with van der Waals surface area (Å²) in [6, 6.07) is 0. The number of aliphatic hydroxyl groups is 2. The maximum atomic E-state index is 11.7. The fraction of sp³-hybridized carbons (Fsp3) is 0.800. The minimum atomic E-state index is -0.955. The van der Waals surface area contributed by atoms with Gasteiger partial charge in [-0.1, -0.05) is 6.92 Å². The Hall–Kier alpha value is -0.870. The van der Waals surface area contributed by atoms with Crippen molar-refractivity contribution in [3.8, 4) is 0 Å². The van der Waals surface area contributed by atoms with Gasteiger partial charge in [0.1, 0.15) is 6.10 Å². The van der Waals surface area contributed by atoms with Crippen LogP contribution in [0.4, 0.5) is 0 Å². The quantitative estimate of drug-likeness (QED) is 0.694. The van der Waals surface area contributed by atoms with Crippen LogP contribution in [0.2, 0.25) is 0 Å². The van der Waals surface area contributed by atoms with Crippen LogP contribution in [-0.2, 0) is 9.53 Å². The van der Waals surface area contributed by atoms with Crippen molar-refractivity contribution in [2.75, 3.05) is 6.61 Å². The molecule has 0 radical (unpaired) electrons. The van der Waals surface area contributed by atoms with Crippen molar-refractivity contribution in [2.24, 2.45) is 23.2 Å². The van der Waals surface area contributed by atoms with Crippen LogP contribution in [0.3, 0.4) is 0 Å². The van der Waals surface area contributed by atoms with Crippen LogP contribution in [0.25, 0.3) is 0 Å². The molecule has 19 heavy (non-hydrogen) atoms. The third-order valence-corrected chi connectivity index (χ3v) is 6.41. The second kappa shape index (κ2) is 3.23. The zero-order chi connectivity index (χ0) is 13.6. The van der Waals surface area contributed by atoms with Gasteiger partial charge in [0.25, 0.3) is 0 Å². The van der Waals surface area contributed by atoms with Crippen LogP contribution in [-0.4, -0.2) is 34.5 Å². The summed E-state index contributed by atoms with van der Waals surface area (Å²) in [4.78, 5) is 11.7. The Morgan fingerprint density at radius 3 is 2.84 bits per heavy atom. The van der Waals surface area contributed by atoms with Gasteiger partial charge in [0.2, 0.25) is 0 Å². The molecule has 4 rings (SSSR count). The topological polar surface area (TPSA) is 66.8 Å². The van der Waals surface area contributed by atoms with Crippen molar-refractivity contribution < 1.29 is 19.7 Å². The molecule has 1 heterocycles. The second-order valence-electron chi connectivity index (χ2n) is 7.11. The van der Waals surface area contributed by atoms with Crippen LogP contribution in [0.5, 0.6) is 0 Å². The highest BCUT2D eigenvalue weighted by Gasteiger charge is 2.74. The number of carbonyl (C=O) groups excluding carboxylic acids is 1. The molecular weight excluding hydrogens is 244 g/mol. The van der Waals surface area contributed by atoms with E-state index in [1.807, 2.05) is 6.92 Å². The van der Waals surface area contributed by atoms with E-state index in [4.69, 9.17) is 4.74 Å². The molecule has 0 spiro atoms. The highest BCUT2D eigenvalue weighted by molar-refractivity contribution is 5.91. The molecule has 1 aliphatic heterocycles. The van der Waals surface area contributed by atoms with Crippen LogP contribution in [0.15, 0.2) is 11.1 Å². The molecule has 104 valence electrons. The average Bonchev–Trinajstić information content (AvgIpc) is 3.10. The Morgan fingerprint density at radius 1 is 1.42 bits per heavy atom. The summed E-state index contributed by atoms with van der Waals surface area (Å²) in [7, 11) is 0. The van der Waals surface area contributed by atoms with E-state index in [0.717, 1.165) is 18.4 Å². The fourth-order valence-electron chi connectivity index (χ4n) is 5.23. The first-order valence-electron chi connectivity index (χ1n) is 7.15. The van der Waals surface area contributed by atoms with E-state index < -0.39 is 5.60 Å². The maximum absolute atomic E-state index is 11.7. The van der Waals surface area contributed by atoms with Gasteiger partial charge in [-0.05, 0) is 54.9 Å². The number of esters is 1. The van der Waals surface area contributed by atoms with Gasteiger partial charge in [-0.2, -0.15) is 0 Å². The van der Waals surface area contributed by atoms with E-state index in [0.29, 0.717) is 17.9 Å². The molecule has 0 bridgehead atoms. The van der Waals surface area contributed by atoms with Crippen molar-refractivity contribution in [1.29, 1.82) is 0 Å². The van der Waals surface area contributed by atoms with Gasteiger partial charge in [0.05, 0.1) is 12.2 Å². The van der Waals surface area contributed by atoms with Gasteiger partial charge in [0, 0.05) is 5.57 Å². The lowest BCUT2D eigenvalue weighted by molar-refractivity contribution is -0.144. The number of aliphatic hydroxyl groups excluding tert-OH is 1. The number of rotatable bonds is 1. The highest BCUT2D eigenvalue weighted by Crippen LogP contribution is 2.73. The van der Waals surface area contributed by atoms with Gasteiger partial charge in [0.15, 0.2) is 0 Å². The van der Waals surface area contributed by atoms with E-state index in [9.17, 15) is 15.0 Å². The lowest BCUT2D eigenvalue weighted by Crippen LogP contribution is -2.50.